The van der Waals surface area contributed by atoms with Crippen LogP contribution in [0.25, 0.3) is 11.3 Å². The van der Waals surface area contributed by atoms with Crippen molar-refractivity contribution in [2.24, 2.45) is 0 Å². The van der Waals surface area contributed by atoms with Crippen LogP contribution in [-0.4, -0.2) is 45.3 Å². The van der Waals surface area contributed by atoms with Gasteiger partial charge in [0.05, 0.1) is 24.9 Å². The molecule has 0 aliphatic rings. The fourth-order valence-corrected chi connectivity index (χ4v) is 3.05. The van der Waals surface area contributed by atoms with Gasteiger partial charge >= 0.3 is 0 Å². The number of aromatic nitrogens is 2. The summed E-state index contributed by atoms with van der Waals surface area (Å²) in [6.07, 6.45) is 1.63. The molecule has 2 atom stereocenters. The van der Waals surface area contributed by atoms with Gasteiger partial charge in [0.15, 0.2) is 0 Å². The second kappa shape index (κ2) is 10.2. The first-order valence-electron chi connectivity index (χ1n) is 9.48. The number of nitrogens with zero attached hydrogens (tertiary/aromatic N) is 2. The van der Waals surface area contributed by atoms with Crippen LogP contribution >= 0.6 is 11.6 Å². The molecule has 156 valence electrons. The predicted octanol–water partition coefficient (Wildman–Crippen LogP) is 3.05. The molecule has 1 aromatic heterocycles. The molecular weight excluding hydrogens is 404 g/mol. The van der Waals surface area contributed by atoms with Crippen molar-refractivity contribution in [1.29, 1.82) is 0 Å². The quantitative estimate of drug-likeness (QED) is 0.441. The van der Waals surface area contributed by atoms with Crippen LogP contribution in [0.2, 0.25) is 5.02 Å². The molecule has 0 radical (unpaired) electrons. The SMILES string of the molecule is C[C@@H](CO)Nc1nccc(-c2ccc(C(=O)N[C@H](CO)c3cccc(Cl)c3)cc2)n1. The zero-order valence-corrected chi connectivity index (χ0v) is 17.2. The lowest BCUT2D eigenvalue weighted by molar-refractivity contribution is 0.0916. The molecule has 1 heterocycles. The van der Waals surface area contributed by atoms with Gasteiger partial charge in [-0.2, -0.15) is 0 Å². The summed E-state index contributed by atoms with van der Waals surface area (Å²) in [6, 6.07) is 15.1. The lowest BCUT2D eigenvalue weighted by atomic mass is 10.1. The molecule has 4 N–H and O–H groups in total. The molecule has 3 aromatic rings. The summed E-state index contributed by atoms with van der Waals surface area (Å²) in [6.45, 7) is 1.56. The van der Waals surface area contributed by atoms with Gasteiger partial charge in [0, 0.05) is 28.4 Å². The molecular formula is C22H23ClN4O3. The van der Waals surface area contributed by atoms with E-state index in [9.17, 15) is 9.90 Å². The molecule has 3 rings (SSSR count). The topological polar surface area (TPSA) is 107 Å². The third-order valence-corrected chi connectivity index (χ3v) is 4.72. The standard InChI is InChI=1S/C22H23ClN4O3/c1-14(12-28)25-22-24-10-9-19(27-22)15-5-7-16(8-6-15)21(30)26-20(13-29)17-3-2-4-18(23)11-17/h2-11,14,20,28-29H,12-13H2,1H3,(H,26,30)(H,24,25,27)/t14-,20+/m0/s1. The van der Waals surface area contributed by atoms with Crippen molar-refractivity contribution >= 4 is 23.5 Å². The second-order valence-corrected chi connectivity index (χ2v) is 7.27. The molecule has 1 amide bonds. The zero-order valence-electron chi connectivity index (χ0n) is 16.4. The Morgan fingerprint density at radius 1 is 1.10 bits per heavy atom. The average Bonchev–Trinajstić information content (AvgIpc) is 2.77. The van der Waals surface area contributed by atoms with E-state index in [1.165, 1.54) is 0 Å². The van der Waals surface area contributed by atoms with Gasteiger partial charge in [-0.3, -0.25) is 4.79 Å². The van der Waals surface area contributed by atoms with E-state index in [4.69, 9.17) is 16.7 Å². The van der Waals surface area contributed by atoms with Crippen molar-refractivity contribution in [1.82, 2.24) is 15.3 Å². The summed E-state index contributed by atoms with van der Waals surface area (Å²) < 4.78 is 0. The number of hydrogen-bond acceptors (Lipinski definition) is 6. The number of amides is 1. The minimum Gasteiger partial charge on any atom is -0.394 e. The summed E-state index contributed by atoms with van der Waals surface area (Å²) in [5.41, 5.74) is 2.70. The number of hydrogen-bond donors (Lipinski definition) is 4. The van der Waals surface area contributed by atoms with E-state index in [0.29, 0.717) is 22.2 Å². The zero-order chi connectivity index (χ0) is 21.5. The van der Waals surface area contributed by atoms with Crippen LogP contribution in [0.1, 0.15) is 28.9 Å². The molecule has 2 aromatic carbocycles. The van der Waals surface area contributed by atoms with Crippen LogP contribution in [0.5, 0.6) is 0 Å². The van der Waals surface area contributed by atoms with Crippen molar-refractivity contribution in [2.45, 2.75) is 19.0 Å². The molecule has 0 fully saturated rings. The van der Waals surface area contributed by atoms with Crippen molar-refractivity contribution in [2.75, 3.05) is 18.5 Å². The molecule has 0 aliphatic carbocycles. The van der Waals surface area contributed by atoms with Crippen LogP contribution < -0.4 is 10.6 Å². The van der Waals surface area contributed by atoms with Crippen LogP contribution in [-0.2, 0) is 0 Å². The number of benzene rings is 2. The van der Waals surface area contributed by atoms with Gasteiger partial charge in [0.2, 0.25) is 5.95 Å². The molecule has 0 spiro atoms. The summed E-state index contributed by atoms with van der Waals surface area (Å²) in [4.78, 5) is 21.2. The van der Waals surface area contributed by atoms with Gasteiger partial charge in [0.25, 0.3) is 5.91 Å². The fourth-order valence-electron chi connectivity index (χ4n) is 2.85. The Bertz CT molecular complexity index is 998. The first kappa shape index (κ1) is 21.7. The number of halogens is 1. The number of aliphatic hydroxyl groups is 2. The maximum Gasteiger partial charge on any atom is 0.251 e. The molecule has 30 heavy (non-hydrogen) atoms. The van der Waals surface area contributed by atoms with Crippen LogP contribution in [0.3, 0.4) is 0 Å². The minimum atomic E-state index is -0.556. The molecule has 8 heteroatoms. The third-order valence-electron chi connectivity index (χ3n) is 4.49. The first-order valence-corrected chi connectivity index (χ1v) is 9.86. The highest BCUT2D eigenvalue weighted by molar-refractivity contribution is 6.30. The highest BCUT2D eigenvalue weighted by Crippen LogP contribution is 2.20. The van der Waals surface area contributed by atoms with Crippen molar-refractivity contribution in [3.05, 3.63) is 76.9 Å². The van der Waals surface area contributed by atoms with Gasteiger partial charge in [-0.15, -0.1) is 0 Å². The second-order valence-electron chi connectivity index (χ2n) is 6.83. The van der Waals surface area contributed by atoms with Crippen molar-refractivity contribution in [3.8, 4) is 11.3 Å². The largest absolute Gasteiger partial charge is 0.394 e. The molecule has 0 bridgehead atoms. The number of carbonyl (C=O) groups is 1. The number of aliphatic hydroxyl groups excluding tert-OH is 2. The van der Waals surface area contributed by atoms with E-state index < -0.39 is 6.04 Å². The predicted molar refractivity (Wildman–Crippen MR) is 116 cm³/mol. The highest BCUT2D eigenvalue weighted by Gasteiger charge is 2.15. The van der Waals surface area contributed by atoms with Gasteiger partial charge in [0.1, 0.15) is 0 Å². The maximum atomic E-state index is 12.6. The average molecular weight is 427 g/mol. The van der Waals surface area contributed by atoms with E-state index in [1.807, 2.05) is 6.92 Å². The molecule has 0 saturated heterocycles. The fraction of sp³-hybridized carbons (Fsp3) is 0.227. The van der Waals surface area contributed by atoms with Gasteiger partial charge in [-0.1, -0.05) is 35.9 Å². The lowest BCUT2D eigenvalue weighted by Gasteiger charge is -2.17. The monoisotopic (exact) mass is 426 g/mol. The number of rotatable bonds is 8. The summed E-state index contributed by atoms with van der Waals surface area (Å²) >= 11 is 6.00. The normalized spacial score (nSPS) is 12.8. The van der Waals surface area contributed by atoms with E-state index in [1.54, 1.807) is 60.8 Å². The van der Waals surface area contributed by atoms with Crippen LogP contribution in [0.4, 0.5) is 5.95 Å². The summed E-state index contributed by atoms with van der Waals surface area (Å²) in [5, 5.41) is 25.2. The Balaban J connectivity index is 1.72. The molecule has 0 saturated carbocycles. The molecule has 7 nitrogen and oxygen atoms in total. The molecule has 0 unspecified atom stereocenters. The minimum absolute atomic E-state index is 0.0264. The van der Waals surface area contributed by atoms with Crippen molar-refractivity contribution in [3.63, 3.8) is 0 Å². The maximum absolute atomic E-state index is 12.6. The highest BCUT2D eigenvalue weighted by atomic mass is 35.5. The van der Waals surface area contributed by atoms with E-state index in [0.717, 1.165) is 11.1 Å². The Morgan fingerprint density at radius 2 is 1.87 bits per heavy atom. The van der Waals surface area contributed by atoms with Crippen LogP contribution in [0, 0.1) is 0 Å². The Labute approximate surface area is 179 Å². The van der Waals surface area contributed by atoms with E-state index in [2.05, 4.69) is 20.6 Å². The van der Waals surface area contributed by atoms with Crippen molar-refractivity contribution < 1.29 is 15.0 Å². The molecule has 0 aliphatic heterocycles. The van der Waals surface area contributed by atoms with E-state index in [-0.39, 0.29) is 25.2 Å². The van der Waals surface area contributed by atoms with Crippen LogP contribution in [0.15, 0.2) is 60.8 Å². The summed E-state index contributed by atoms with van der Waals surface area (Å²) in [7, 11) is 0. The van der Waals surface area contributed by atoms with Gasteiger partial charge in [-0.05, 0) is 42.8 Å². The van der Waals surface area contributed by atoms with E-state index >= 15 is 0 Å². The van der Waals surface area contributed by atoms with Gasteiger partial charge < -0.3 is 20.8 Å². The third kappa shape index (κ3) is 5.54. The Morgan fingerprint density at radius 3 is 2.53 bits per heavy atom. The number of carbonyl (C=O) groups excluding carboxylic acids is 1. The number of anilines is 1. The lowest BCUT2D eigenvalue weighted by Crippen LogP contribution is -2.30. The first-order chi connectivity index (χ1) is 14.5. The Kier molecular flexibility index (Phi) is 7.35. The number of nitrogens with one attached hydrogen (secondary N) is 2. The van der Waals surface area contributed by atoms with Gasteiger partial charge in [-0.25, -0.2) is 9.97 Å². The summed E-state index contributed by atoms with van der Waals surface area (Å²) in [5.74, 6) is 0.116. The smallest absolute Gasteiger partial charge is 0.251 e. The Hall–Kier alpha value is -3.00.